The number of hydrogen-bond acceptors (Lipinski definition) is 2. The van der Waals surface area contributed by atoms with Gasteiger partial charge in [0.05, 0.1) is 12.2 Å². The lowest BCUT2D eigenvalue weighted by molar-refractivity contribution is 0.0577. The van der Waals surface area contributed by atoms with Crippen LogP contribution in [0.4, 0.5) is 0 Å². The molecule has 282 valence electrons. The summed E-state index contributed by atoms with van der Waals surface area (Å²) in [7, 11) is -6.10. The molecule has 2 atom stereocenters. The summed E-state index contributed by atoms with van der Waals surface area (Å²) in [5.41, 5.74) is 2.85. The van der Waals surface area contributed by atoms with Crippen LogP contribution in [0.1, 0.15) is 83.1 Å². The molecule has 4 aromatic rings. The molecule has 0 saturated carbocycles. The first kappa shape index (κ1) is 42.8. The normalized spacial score (nSPS) is 14.2. The van der Waals surface area contributed by atoms with Crippen molar-refractivity contribution < 1.29 is 8.85 Å². The zero-order valence-electron chi connectivity index (χ0n) is 34.3. The van der Waals surface area contributed by atoms with Gasteiger partial charge in [0, 0.05) is 12.3 Å². The molecule has 0 fully saturated rings. The van der Waals surface area contributed by atoms with Crippen molar-refractivity contribution in [1.29, 1.82) is 0 Å². The maximum atomic E-state index is 8.18. The van der Waals surface area contributed by atoms with Gasteiger partial charge in [0.2, 0.25) is 16.6 Å². The molecule has 0 saturated heterocycles. The topological polar surface area (TPSA) is 18.5 Å². The molecule has 52 heavy (non-hydrogen) atoms. The third-order valence-electron chi connectivity index (χ3n) is 11.5. The van der Waals surface area contributed by atoms with Crippen LogP contribution in [0.2, 0.25) is 33.2 Å². The summed E-state index contributed by atoms with van der Waals surface area (Å²) in [4.78, 5) is 0. The molecule has 0 N–H and O–H groups in total. The van der Waals surface area contributed by atoms with Gasteiger partial charge < -0.3 is 8.85 Å². The van der Waals surface area contributed by atoms with Crippen molar-refractivity contribution in [3.63, 3.8) is 0 Å². The minimum atomic E-state index is -2.34. The Morgan fingerprint density at radius 3 is 0.712 bits per heavy atom. The van der Waals surface area contributed by atoms with Crippen molar-refractivity contribution in [2.45, 2.75) is 129 Å². The van der Waals surface area contributed by atoms with Crippen molar-refractivity contribution in [2.75, 3.05) is 12.3 Å². The Morgan fingerprint density at radius 1 is 0.346 bits per heavy atom. The summed E-state index contributed by atoms with van der Waals surface area (Å²) in [6.07, 6.45) is 1.79. The largest absolute Gasteiger partial charge is 0.410 e. The molecule has 6 heteroatoms. The molecule has 0 aromatic heterocycles. The van der Waals surface area contributed by atoms with Crippen LogP contribution in [0.25, 0.3) is 0 Å². The molecule has 0 aliphatic carbocycles. The summed E-state index contributed by atoms with van der Waals surface area (Å²) < 4.78 is 16.4. The fourth-order valence-electron chi connectivity index (χ4n) is 9.31. The lowest BCUT2D eigenvalue weighted by Gasteiger charge is -2.50. The lowest BCUT2D eigenvalue weighted by atomic mass is 10.2. The lowest BCUT2D eigenvalue weighted by Crippen LogP contribution is -2.58. The predicted molar refractivity (Wildman–Crippen MR) is 240 cm³/mol. The van der Waals surface area contributed by atoms with Crippen molar-refractivity contribution in [2.24, 2.45) is 0 Å². The standard InChI is InChI=1S/C46H68O2P2Si2/c1-35(2)51(36(3)4,37(5)6)47-45(33-49(41-25-17-13-18-26-41)42-27-19-14-20-28-42)46(48-52(38(7)8,39(9)10)40(11)12)34-50(43-29-21-15-22-30-43)44-31-23-16-24-32-44/h13-32,35-40,45-46H,33-34H2,1-12H3. The summed E-state index contributed by atoms with van der Waals surface area (Å²) in [5, 5.41) is 5.65. The molecular weight excluding hydrogens is 703 g/mol. The number of benzene rings is 4. The molecular formula is C46H68O2P2Si2. The Labute approximate surface area is 323 Å². The molecule has 0 heterocycles. The predicted octanol–water partition coefficient (Wildman–Crippen LogP) is 12.4. The highest BCUT2D eigenvalue weighted by atomic mass is 31.1. The van der Waals surface area contributed by atoms with Crippen LogP contribution in [0.3, 0.4) is 0 Å². The van der Waals surface area contributed by atoms with E-state index in [-0.39, 0.29) is 12.2 Å². The first-order valence-corrected chi connectivity index (χ1v) is 27.2. The monoisotopic (exact) mass is 770 g/mol. The fraction of sp³-hybridized carbons (Fsp3) is 0.478. The van der Waals surface area contributed by atoms with Gasteiger partial charge in [-0.3, -0.25) is 0 Å². The van der Waals surface area contributed by atoms with E-state index in [9.17, 15) is 0 Å². The first-order chi connectivity index (χ1) is 24.7. The van der Waals surface area contributed by atoms with E-state index in [1.807, 2.05) is 0 Å². The van der Waals surface area contributed by atoms with E-state index >= 15 is 0 Å². The van der Waals surface area contributed by atoms with Gasteiger partial charge in [0.1, 0.15) is 0 Å². The second-order valence-corrected chi connectivity index (χ2v) is 31.8. The molecule has 0 radical (unpaired) electrons. The number of hydrogen-bond donors (Lipinski definition) is 0. The summed E-state index contributed by atoms with van der Waals surface area (Å²) >= 11 is 0. The highest BCUT2D eigenvalue weighted by molar-refractivity contribution is 7.73. The zero-order chi connectivity index (χ0) is 38.1. The third-order valence-corrected chi connectivity index (χ3v) is 28.9. The van der Waals surface area contributed by atoms with Gasteiger partial charge in [-0.1, -0.05) is 204 Å². The van der Waals surface area contributed by atoms with E-state index in [4.69, 9.17) is 8.85 Å². The maximum absolute atomic E-state index is 8.18. The molecule has 0 aliphatic heterocycles. The average molecular weight is 771 g/mol. The summed E-state index contributed by atoms with van der Waals surface area (Å²) in [5.74, 6) is 0. The molecule has 4 aromatic carbocycles. The third kappa shape index (κ3) is 9.84. The SMILES string of the molecule is CC(C)[Si](OC(CP(c1ccccc1)c1ccccc1)C(CP(c1ccccc1)c1ccccc1)O[Si](C(C)C)(C(C)C)C(C)C)(C(C)C)C(C)C. The van der Waals surface area contributed by atoms with Gasteiger partial charge in [-0.2, -0.15) is 0 Å². The van der Waals surface area contributed by atoms with Crippen LogP contribution < -0.4 is 21.2 Å². The van der Waals surface area contributed by atoms with Crippen LogP contribution in [0, 0.1) is 0 Å². The van der Waals surface area contributed by atoms with Gasteiger partial charge in [0.25, 0.3) is 0 Å². The van der Waals surface area contributed by atoms with Gasteiger partial charge in [-0.25, -0.2) is 0 Å². The smallest absolute Gasteiger partial charge is 0.200 e. The minimum Gasteiger partial charge on any atom is -0.410 e. The Kier molecular flexibility index (Phi) is 16.2. The highest BCUT2D eigenvalue weighted by Crippen LogP contribution is 2.50. The van der Waals surface area contributed by atoms with Crippen LogP contribution in [-0.4, -0.2) is 41.2 Å². The van der Waals surface area contributed by atoms with Gasteiger partial charge in [-0.15, -0.1) is 0 Å². The van der Waals surface area contributed by atoms with Crippen LogP contribution in [0.5, 0.6) is 0 Å². The molecule has 2 nitrogen and oxygen atoms in total. The highest BCUT2D eigenvalue weighted by Gasteiger charge is 2.52. The van der Waals surface area contributed by atoms with Crippen molar-refractivity contribution in [3.05, 3.63) is 121 Å². The molecule has 0 bridgehead atoms. The number of rotatable bonds is 19. The second kappa shape index (κ2) is 19.6. The quantitative estimate of drug-likeness (QED) is 0.0698. The van der Waals surface area contributed by atoms with E-state index in [2.05, 4.69) is 204 Å². The van der Waals surface area contributed by atoms with E-state index in [1.54, 1.807) is 0 Å². The minimum absolute atomic E-state index is 0.0501. The molecule has 0 spiro atoms. The molecule has 0 aliphatic rings. The molecule has 2 unspecified atom stereocenters. The maximum Gasteiger partial charge on any atom is 0.200 e. The van der Waals surface area contributed by atoms with E-state index in [0.29, 0.717) is 33.2 Å². The first-order valence-electron chi connectivity index (χ1n) is 19.9. The molecule has 0 amide bonds. The Bertz CT molecular complexity index is 1340. The van der Waals surface area contributed by atoms with E-state index in [1.165, 1.54) is 21.2 Å². The van der Waals surface area contributed by atoms with Crippen LogP contribution in [-0.2, 0) is 8.85 Å². The average Bonchev–Trinajstić information content (AvgIpc) is 3.12. The van der Waals surface area contributed by atoms with Crippen molar-refractivity contribution >= 4 is 53.7 Å². The van der Waals surface area contributed by atoms with Crippen molar-refractivity contribution in [1.82, 2.24) is 0 Å². The van der Waals surface area contributed by atoms with Gasteiger partial charge in [0.15, 0.2) is 0 Å². The van der Waals surface area contributed by atoms with Gasteiger partial charge in [-0.05, 0) is 70.3 Å². The van der Waals surface area contributed by atoms with E-state index in [0.717, 1.165) is 12.3 Å². The Hall–Kier alpha value is -1.91. The Morgan fingerprint density at radius 2 is 0.538 bits per heavy atom. The van der Waals surface area contributed by atoms with Crippen molar-refractivity contribution in [3.8, 4) is 0 Å². The fourth-order valence-corrected chi connectivity index (χ4v) is 25.7. The Balaban J connectivity index is 2.03. The van der Waals surface area contributed by atoms with Crippen LogP contribution >= 0.6 is 15.8 Å². The van der Waals surface area contributed by atoms with Gasteiger partial charge >= 0.3 is 0 Å². The molecule has 4 rings (SSSR count). The summed E-state index contributed by atoms with van der Waals surface area (Å²) in [6, 6.07) is 45.1. The summed E-state index contributed by atoms with van der Waals surface area (Å²) in [6.45, 7) is 29.2. The second-order valence-electron chi connectivity index (χ2n) is 16.5. The zero-order valence-corrected chi connectivity index (χ0v) is 38.1. The van der Waals surface area contributed by atoms with Crippen LogP contribution in [0.15, 0.2) is 121 Å². The van der Waals surface area contributed by atoms with E-state index < -0.39 is 32.5 Å².